The van der Waals surface area contributed by atoms with Crippen LogP contribution in [0.1, 0.15) is 52.8 Å². The van der Waals surface area contributed by atoms with Gasteiger partial charge in [0.2, 0.25) is 0 Å². The second kappa shape index (κ2) is 12.7. The molecule has 5 rings (SSSR count). The molecule has 5 aromatic rings. The molecule has 1 amide bonds. The number of H-pyrrole nitrogens is 1. The second-order valence-corrected chi connectivity index (χ2v) is 13.2. The van der Waals surface area contributed by atoms with Crippen molar-refractivity contribution in [3.05, 3.63) is 72.3 Å². The Morgan fingerprint density at radius 1 is 0.913 bits per heavy atom. The summed E-state index contributed by atoms with van der Waals surface area (Å²) < 4.78 is 24.0. The van der Waals surface area contributed by atoms with Crippen LogP contribution in [-0.4, -0.2) is 62.9 Å². The minimum Gasteiger partial charge on any atom is -0.497 e. The number of hydrogen-bond acceptors (Lipinski definition) is 8. The molecule has 2 aromatic carbocycles. The molecule has 0 saturated heterocycles. The van der Waals surface area contributed by atoms with Crippen molar-refractivity contribution in [1.29, 1.82) is 0 Å². The topological polar surface area (TPSA) is 130 Å². The fourth-order valence-corrected chi connectivity index (χ4v) is 5.09. The number of nitrogens with zero attached hydrogens (tertiary/aromatic N) is 3. The summed E-state index contributed by atoms with van der Waals surface area (Å²) in [6, 6.07) is 13.0. The van der Waals surface area contributed by atoms with Crippen LogP contribution in [0.15, 0.2) is 61.1 Å². The van der Waals surface area contributed by atoms with Crippen molar-refractivity contribution in [1.82, 2.24) is 25.1 Å². The summed E-state index contributed by atoms with van der Waals surface area (Å²) in [4.78, 5) is 33.2. The average molecular weight is 628 g/mol. The minimum absolute atomic E-state index is 0.168. The van der Waals surface area contributed by atoms with Gasteiger partial charge in [-0.2, -0.15) is 9.78 Å². The molecule has 1 atom stereocenters. The quantitative estimate of drug-likeness (QED) is 0.185. The number of methoxy groups -OCH3 is 1. The summed E-state index contributed by atoms with van der Waals surface area (Å²) in [6.07, 6.45) is 4.74. The highest BCUT2D eigenvalue weighted by atomic mass is 16.6. The lowest BCUT2D eigenvalue weighted by Crippen LogP contribution is -2.43. The molecule has 0 radical (unpaired) electrons. The zero-order valence-electron chi connectivity index (χ0n) is 27.6. The fourth-order valence-electron chi connectivity index (χ4n) is 5.09. The maximum absolute atomic E-state index is 12.8. The molecule has 0 aliphatic rings. The summed E-state index contributed by atoms with van der Waals surface area (Å²) in [6.45, 7) is 12.9. The normalized spacial score (nSPS) is 12.6. The van der Waals surface area contributed by atoms with Gasteiger partial charge in [0.05, 0.1) is 30.6 Å². The van der Waals surface area contributed by atoms with Gasteiger partial charge in [0, 0.05) is 34.2 Å². The molecule has 11 heteroatoms. The van der Waals surface area contributed by atoms with Crippen LogP contribution < -0.4 is 14.8 Å². The van der Waals surface area contributed by atoms with E-state index in [-0.39, 0.29) is 6.61 Å². The molecule has 2 N–H and O–H groups in total. The number of fused-ring (bicyclic) bond motifs is 2. The largest absolute Gasteiger partial charge is 0.497 e. The van der Waals surface area contributed by atoms with Crippen molar-refractivity contribution in [2.45, 2.75) is 72.1 Å². The van der Waals surface area contributed by atoms with E-state index < -0.39 is 29.4 Å². The van der Waals surface area contributed by atoms with E-state index in [0.29, 0.717) is 23.4 Å². The number of pyridine rings is 1. The van der Waals surface area contributed by atoms with Crippen LogP contribution in [0, 0.1) is 6.92 Å². The first-order chi connectivity index (χ1) is 21.7. The third kappa shape index (κ3) is 7.77. The van der Waals surface area contributed by atoms with Gasteiger partial charge in [-0.05, 0) is 102 Å². The van der Waals surface area contributed by atoms with Crippen molar-refractivity contribution in [3.8, 4) is 22.6 Å². The van der Waals surface area contributed by atoms with Crippen LogP contribution in [0.5, 0.6) is 11.5 Å². The first-order valence-electron chi connectivity index (χ1n) is 15.1. The average Bonchev–Trinajstić information content (AvgIpc) is 3.53. The Hall–Kier alpha value is -5.06. The van der Waals surface area contributed by atoms with Gasteiger partial charge in [-0.3, -0.25) is 4.98 Å². The van der Waals surface area contributed by atoms with Gasteiger partial charge in [-0.1, -0.05) is 6.07 Å². The van der Waals surface area contributed by atoms with E-state index in [1.807, 2.05) is 97.1 Å². The summed E-state index contributed by atoms with van der Waals surface area (Å²) in [5.41, 5.74) is 3.74. The van der Waals surface area contributed by atoms with Crippen LogP contribution in [-0.2, 0) is 15.9 Å². The molecule has 242 valence electrons. The summed E-state index contributed by atoms with van der Waals surface area (Å²) in [5.74, 6) is 1.28. The van der Waals surface area contributed by atoms with E-state index in [4.69, 9.17) is 18.9 Å². The molecule has 3 aromatic heterocycles. The van der Waals surface area contributed by atoms with E-state index in [1.54, 1.807) is 19.5 Å². The highest BCUT2D eigenvalue weighted by Gasteiger charge is 2.23. The minimum atomic E-state index is -0.648. The molecule has 0 spiro atoms. The number of amides is 1. The summed E-state index contributed by atoms with van der Waals surface area (Å²) in [7, 11) is 1.63. The zero-order chi connectivity index (χ0) is 33.2. The predicted octanol–water partition coefficient (Wildman–Crippen LogP) is 7.19. The number of hydrogen-bond donors (Lipinski definition) is 2. The van der Waals surface area contributed by atoms with Crippen molar-refractivity contribution in [2.24, 2.45) is 0 Å². The van der Waals surface area contributed by atoms with Crippen LogP contribution >= 0.6 is 0 Å². The van der Waals surface area contributed by atoms with E-state index in [0.717, 1.165) is 38.7 Å². The third-order valence-corrected chi connectivity index (χ3v) is 7.09. The van der Waals surface area contributed by atoms with Crippen molar-refractivity contribution in [2.75, 3.05) is 13.7 Å². The molecular weight excluding hydrogens is 586 g/mol. The maximum atomic E-state index is 12.8. The molecule has 11 nitrogen and oxygen atoms in total. The van der Waals surface area contributed by atoms with Gasteiger partial charge >= 0.3 is 12.2 Å². The molecule has 46 heavy (non-hydrogen) atoms. The Kier molecular flexibility index (Phi) is 8.96. The number of aromatic nitrogens is 4. The molecule has 0 bridgehead atoms. The van der Waals surface area contributed by atoms with Crippen LogP contribution in [0.2, 0.25) is 0 Å². The summed E-state index contributed by atoms with van der Waals surface area (Å²) >= 11 is 0. The predicted molar refractivity (Wildman–Crippen MR) is 177 cm³/mol. The van der Waals surface area contributed by atoms with Crippen molar-refractivity contribution in [3.63, 3.8) is 0 Å². The Labute approximate surface area is 268 Å². The number of ether oxygens (including phenoxy) is 4. The van der Waals surface area contributed by atoms with Crippen LogP contribution in [0.4, 0.5) is 9.59 Å². The zero-order valence-corrected chi connectivity index (χ0v) is 27.6. The van der Waals surface area contributed by atoms with Crippen molar-refractivity contribution >= 4 is 34.0 Å². The molecule has 3 heterocycles. The molecule has 0 fully saturated rings. The van der Waals surface area contributed by atoms with Crippen LogP contribution in [0.3, 0.4) is 0 Å². The third-order valence-electron chi connectivity index (χ3n) is 7.09. The number of carbonyl (C=O) groups is 2. The van der Waals surface area contributed by atoms with Crippen molar-refractivity contribution < 1.29 is 28.5 Å². The van der Waals surface area contributed by atoms with E-state index in [1.165, 1.54) is 4.68 Å². The van der Waals surface area contributed by atoms with Gasteiger partial charge in [-0.25, -0.2) is 9.59 Å². The van der Waals surface area contributed by atoms with Gasteiger partial charge < -0.3 is 29.2 Å². The fraction of sp³-hybridized carbons (Fsp3) is 0.371. The van der Waals surface area contributed by atoms with E-state index in [2.05, 4.69) is 20.4 Å². The lowest BCUT2D eigenvalue weighted by Gasteiger charge is -2.24. The van der Waals surface area contributed by atoms with Gasteiger partial charge in [0.1, 0.15) is 29.3 Å². The van der Waals surface area contributed by atoms with Gasteiger partial charge in [-0.15, -0.1) is 0 Å². The van der Waals surface area contributed by atoms with Crippen LogP contribution in [0.25, 0.3) is 32.9 Å². The monoisotopic (exact) mass is 627 g/mol. The number of benzene rings is 2. The lowest BCUT2D eigenvalue weighted by molar-refractivity contribution is 0.0484. The maximum Gasteiger partial charge on any atom is 0.435 e. The SMILES string of the molecule is COc1ccc2[nH]cc(C[C@@H](COc3cncc(-c4ccc5c(c4)c(C)nn5C(=O)OC(C)(C)C)c3)NC(=O)OC(C)(C)C)c2c1. The Bertz CT molecular complexity index is 1880. The Morgan fingerprint density at radius 2 is 1.67 bits per heavy atom. The van der Waals surface area contributed by atoms with Gasteiger partial charge in [0.25, 0.3) is 0 Å². The second-order valence-electron chi connectivity index (χ2n) is 13.2. The first-order valence-corrected chi connectivity index (χ1v) is 15.1. The Balaban J connectivity index is 1.36. The Morgan fingerprint density at radius 3 is 2.39 bits per heavy atom. The number of nitrogens with one attached hydrogen (secondary N) is 2. The smallest absolute Gasteiger partial charge is 0.435 e. The number of alkyl carbamates (subject to hydrolysis) is 1. The summed E-state index contributed by atoms with van der Waals surface area (Å²) in [5, 5.41) is 9.23. The van der Waals surface area contributed by atoms with E-state index in [9.17, 15) is 9.59 Å². The van der Waals surface area contributed by atoms with E-state index >= 15 is 0 Å². The number of carbonyl (C=O) groups excluding carboxylic acids is 2. The van der Waals surface area contributed by atoms with Gasteiger partial charge in [0.15, 0.2) is 0 Å². The highest BCUT2D eigenvalue weighted by molar-refractivity contribution is 5.92. The molecular formula is C35H41N5O6. The first kappa shape index (κ1) is 32.3. The molecule has 0 aliphatic heterocycles. The number of aromatic amines is 1. The molecule has 0 saturated carbocycles. The standard InChI is InChI=1S/C35H41N5O6/c1-21-28-15-22(9-12-31(28)40(39-21)33(42)46-35(5,6)7)23-14-27(19-36-17-23)44-20-25(38-32(41)45-34(2,3)4)13-24-18-37-30-11-10-26(43-8)16-29(24)30/h9-12,14-19,25,37H,13,20H2,1-8H3,(H,38,41)/t25-/m0/s1. The molecule has 0 unspecified atom stereocenters. The highest BCUT2D eigenvalue weighted by Crippen LogP contribution is 2.29. The lowest BCUT2D eigenvalue weighted by atomic mass is 10.0. The number of aryl methyl sites for hydroxylation is 1. The molecule has 0 aliphatic carbocycles. The number of rotatable bonds is 8.